The number of hydrogen-bond acceptors (Lipinski definition) is 3. The number of fused-ring (bicyclic) bond motifs is 1. The average molecular weight is 420 g/mol. The van der Waals surface area contributed by atoms with Gasteiger partial charge in [-0.1, -0.05) is 0 Å². The Bertz CT molecular complexity index is 468. The van der Waals surface area contributed by atoms with Crippen LogP contribution in [0.3, 0.4) is 0 Å². The predicted molar refractivity (Wildman–Crippen MR) is 101 cm³/mol. The maximum Gasteiger partial charge on any atom is 0.191 e. The molecular formula is C15H25IN4S. The van der Waals surface area contributed by atoms with E-state index in [0.29, 0.717) is 0 Å². The molecule has 0 bridgehead atoms. The van der Waals surface area contributed by atoms with Crippen LogP contribution >= 0.6 is 35.3 Å². The zero-order valence-electron chi connectivity index (χ0n) is 12.5. The third kappa shape index (κ3) is 4.56. The molecule has 0 spiro atoms. The number of nitrogens with two attached hydrogens (primary N) is 1. The fourth-order valence-electron chi connectivity index (χ4n) is 3.03. The molecule has 0 unspecified atom stereocenters. The molecule has 0 saturated carbocycles. The Kier molecular flexibility index (Phi) is 6.75. The Labute approximate surface area is 148 Å². The molecule has 1 fully saturated rings. The average Bonchev–Trinajstić information content (AvgIpc) is 2.95. The van der Waals surface area contributed by atoms with Gasteiger partial charge in [-0.3, -0.25) is 9.89 Å². The quantitative estimate of drug-likeness (QED) is 0.465. The fraction of sp³-hybridized carbons (Fsp3) is 0.667. The molecule has 3 heterocycles. The summed E-state index contributed by atoms with van der Waals surface area (Å²) in [6.45, 7) is 6.24. The molecule has 118 valence electrons. The summed E-state index contributed by atoms with van der Waals surface area (Å²) in [4.78, 5) is 10.9. The van der Waals surface area contributed by atoms with Gasteiger partial charge in [0, 0.05) is 37.6 Å². The van der Waals surface area contributed by atoms with Gasteiger partial charge in [0.05, 0.1) is 6.54 Å². The van der Waals surface area contributed by atoms with E-state index in [-0.39, 0.29) is 24.0 Å². The van der Waals surface area contributed by atoms with E-state index in [1.165, 1.54) is 31.2 Å². The third-order valence-corrected chi connectivity index (χ3v) is 5.28. The van der Waals surface area contributed by atoms with Crippen molar-refractivity contribution in [2.24, 2.45) is 10.7 Å². The van der Waals surface area contributed by atoms with Crippen molar-refractivity contribution in [1.29, 1.82) is 0 Å². The number of halogens is 1. The van der Waals surface area contributed by atoms with Gasteiger partial charge in [-0.2, -0.15) is 0 Å². The predicted octanol–water partition coefficient (Wildman–Crippen LogP) is 2.52. The molecule has 3 rings (SSSR count). The van der Waals surface area contributed by atoms with Crippen LogP contribution in [-0.2, 0) is 13.0 Å². The van der Waals surface area contributed by atoms with E-state index >= 15 is 0 Å². The molecule has 1 saturated heterocycles. The van der Waals surface area contributed by atoms with Crippen molar-refractivity contribution in [1.82, 2.24) is 9.80 Å². The molecule has 0 aromatic carbocycles. The topological polar surface area (TPSA) is 44.9 Å². The number of nitrogens with zero attached hydrogens (tertiary/aromatic N) is 3. The maximum atomic E-state index is 6.08. The van der Waals surface area contributed by atoms with Crippen LogP contribution in [0.4, 0.5) is 0 Å². The summed E-state index contributed by atoms with van der Waals surface area (Å²) < 4.78 is 0. The molecule has 0 amide bonds. The highest BCUT2D eigenvalue weighted by atomic mass is 127. The highest BCUT2D eigenvalue weighted by molar-refractivity contribution is 14.0. The lowest BCUT2D eigenvalue weighted by atomic mass is 10.1. The van der Waals surface area contributed by atoms with Gasteiger partial charge in [0.2, 0.25) is 0 Å². The van der Waals surface area contributed by atoms with E-state index in [9.17, 15) is 0 Å². The molecular weight excluding hydrogens is 395 g/mol. The van der Waals surface area contributed by atoms with E-state index in [1.807, 2.05) is 11.3 Å². The Balaban J connectivity index is 0.00000161. The minimum atomic E-state index is 0. The van der Waals surface area contributed by atoms with Crippen molar-refractivity contribution in [3.63, 3.8) is 0 Å². The molecule has 2 aliphatic heterocycles. The summed E-state index contributed by atoms with van der Waals surface area (Å²) in [6, 6.07) is 2.26. The van der Waals surface area contributed by atoms with E-state index < -0.39 is 0 Å². The van der Waals surface area contributed by atoms with Gasteiger partial charge in [-0.25, -0.2) is 0 Å². The number of aliphatic imine (C=N–C) groups is 1. The summed E-state index contributed by atoms with van der Waals surface area (Å²) in [7, 11) is 0. The largest absolute Gasteiger partial charge is 0.370 e. The zero-order valence-corrected chi connectivity index (χ0v) is 15.6. The SMILES string of the molecule is I.NC(=NCCN1CCc2sccc2C1)N1CCCCC1. The van der Waals surface area contributed by atoms with E-state index in [4.69, 9.17) is 5.73 Å². The summed E-state index contributed by atoms with van der Waals surface area (Å²) in [5, 5.41) is 2.21. The summed E-state index contributed by atoms with van der Waals surface area (Å²) in [5.74, 6) is 0.748. The Morgan fingerprint density at radius 1 is 1.24 bits per heavy atom. The molecule has 4 nitrogen and oxygen atoms in total. The second-order valence-corrected chi connectivity index (χ2v) is 6.68. The first-order valence-electron chi connectivity index (χ1n) is 7.65. The lowest BCUT2D eigenvalue weighted by Crippen LogP contribution is -2.41. The first kappa shape index (κ1) is 17.0. The Morgan fingerprint density at radius 2 is 2.05 bits per heavy atom. The van der Waals surface area contributed by atoms with E-state index in [0.717, 1.165) is 45.2 Å². The van der Waals surface area contributed by atoms with Crippen LogP contribution in [-0.4, -0.2) is 48.5 Å². The van der Waals surface area contributed by atoms with Gasteiger partial charge in [0.15, 0.2) is 5.96 Å². The Hall–Kier alpha value is -0.340. The lowest BCUT2D eigenvalue weighted by Gasteiger charge is -2.28. The lowest BCUT2D eigenvalue weighted by molar-refractivity contribution is 0.263. The summed E-state index contributed by atoms with van der Waals surface area (Å²) in [6.07, 6.45) is 5.03. The molecule has 2 aliphatic rings. The summed E-state index contributed by atoms with van der Waals surface area (Å²) in [5.41, 5.74) is 7.59. The molecule has 0 radical (unpaired) electrons. The van der Waals surface area contributed by atoms with Gasteiger partial charge < -0.3 is 10.6 Å². The van der Waals surface area contributed by atoms with Crippen LogP contribution in [0.25, 0.3) is 0 Å². The molecule has 1 aromatic heterocycles. The van der Waals surface area contributed by atoms with Crippen molar-refractivity contribution in [3.05, 3.63) is 21.9 Å². The molecule has 2 N–H and O–H groups in total. The third-order valence-electron chi connectivity index (χ3n) is 4.26. The van der Waals surface area contributed by atoms with Crippen LogP contribution in [0, 0.1) is 0 Å². The van der Waals surface area contributed by atoms with Crippen LogP contribution < -0.4 is 5.73 Å². The van der Waals surface area contributed by atoms with Gasteiger partial charge in [0.1, 0.15) is 0 Å². The molecule has 0 aliphatic carbocycles. The van der Waals surface area contributed by atoms with Crippen molar-refractivity contribution >= 4 is 41.3 Å². The normalized spacial score (nSPS) is 20.0. The highest BCUT2D eigenvalue weighted by Gasteiger charge is 2.16. The van der Waals surface area contributed by atoms with Crippen LogP contribution in [0.5, 0.6) is 0 Å². The van der Waals surface area contributed by atoms with Crippen molar-refractivity contribution in [2.45, 2.75) is 32.2 Å². The second kappa shape index (κ2) is 8.33. The number of hydrogen-bond donors (Lipinski definition) is 1. The number of piperidine rings is 1. The fourth-order valence-corrected chi connectivity index (χ4v) is 3.92. The minimum Gasteiger partial charge on any atom is -0.370 e. The first-order chi connectivity index (χ1) is 9.83. The van der Waals surface area contributed by atoms with E-state index in [1.54, 1.807) is 4.88 Å². The monoisotopic (exact) mass is 420 g/mol. The first-order valence-corrected chi connectivity index (χ1v) is 8.53. The highest BCUT2D eigenvalue weighted by Crippen LogP contribution is 2.23. The summed E-state index contributed by atoms with van der Waals surface area (Å²) >= 11 is 1.89. The second-order valence-electron chi connectivity index (χ2n) is 5.68. The molecule has 1 aromatic rings. The number of likely N-dealkylation sites (tertiary alicyclic amines) is 1. The van der Waals surface area contributed by atoms with Crippen LogP contribution in [0.2, 0.25) is 0 Å². The smallest absolute Gasteiger partial charge is 0.191 e. The van der Waals surface area contributed by atoms with Gasteiger partial charge >= 0.3 is 0 Å². The van der Waals surface area contributed by atoms with Crippen molar-refractivity contribution in [3.8, 4) is 0 Å². The minimum absolute atomic E-state index is 0. The molecule has 0 atom stereocenters. The van der Waals surface area contributed by atoms with Crippen molar-refractivity contribution < 1.29 is 0 Å². The zero-order chi connectivity index (χ0) is 13.8. The Morgan fingerprint density at radius 3 is 2.86 bits per heavy atom. The van der Waals surface area contributed by atoms with Crippen molar-refractivity contribution in [2.75, 3.05) is 32.7 Å². The number of guanidine groups is 1. The van der Waals surface area contributed by atoms with Gasteiger partial charge in [-0.15, -0.1) is 35.3 Å². The molecule has 6 heteroatoms. The maximum absolute atomic E-state index is 6.08. The number of thiophene rings is 1. The van der Waals surface area contributed by atoms with Crippen LogP contribution in [0.1, 0.15) is 29.7 Å². The van der Waals surface area contributed by atoms with Gasteiger partial charge in [0.25, 0.3) is 0 Å². The number of rotatable bonds is 3. The van der Waals surface area contributed by atoms with E-state index in [2.05, 4.69) is 26.2 Å². The van der Waals surface area contributed by atoms with Crippen LogP contribution in [0.15, 0.2) is 16.4 Å². The standard InChI is InChI=1S/C15H24N4S.HI/c16-15(19-7-2-1-3-8-19)17-6-10-18-9-4-14-13(12-18)5-11-20-14;/h5,11H,1-4,6-10,12H2,(H2,16,17);1H. The van der Waals surface area contributed by atoms with Gasteiger partial charge in [-0.05, 0) is 42.7 Å². The molecule has 21 heavy (non-hydrogen) atoms.